The van der Waals surface area contributed by atoms with Crippen LogP contribution in [-0.2, 0) is 13.6 Å². The lowest BCUT2D eigenvalue weighted by molar-refractivity contribution is -0.677. The van der Waals surface area contributed by atoms with Crippen LogP contribution in [0.15, 0.2) is 30.6 Å². The van der Waals surface area contributed by atoms with Crippen molar-refractivity contribution in [2.75, 3.05) is 0 Å². The summed E-state index contributed by atoms with van der Waals surface area (Å²) in [4.78, 5) is 0. The third kappa shape index (κ3) is 2.94. The lowest BCUT2D eigenvalue weighted by Crippen LogP contribution is -2.29. The Morgan fingerprint density at radius 2 is 1.65 bits per heavy atom. The van der Waals surface area contributed by atoms with E-state index >= 15 is 0 Å². The first kappa shape index (κ1) is 13.5. The second-order valence-corrected chi connectivity index (χ2v) is 4.58. The van der Waals surface area contributed by atoms with Crippen molar-refractivity contribution in [3.63, 3.8) is 0 Å². The summed E-state index contributed by atoms with van der Waals surface area (Å²) in [5.41, 5.74) is 4.05. The maximum Gasteiger partial charge on any atom is 0.253 e. The highest BCUT2D eigenvalue weighted by Crippen LogP contribution is 2.10. The molecule has 0 unspecified atom stereocenters. The van der Waals surface area contributed by atoms with Crippen molar-refractivity contribution in [1.82, 2.24) is 4.57 Å². The van der Waals surface area contributed by atoms with Crippen LogP contribution in [0.4, 0.5) is 0 Å². The molecule has 1 aromatic heterocycles. The number of hydrogen-bond donors (Lipinski definition) is 0. The van der Waals surface area contributed by atoms with E-state index in [0.717, 1.165) is 6.54 Å². The van der Waals surface area contributed by atoms with E-state index in [-0.39, 0.29) is 5.48 Å². The molecule has 0 aliphatic heterocycles. The molecule has 0 amide bonds. The summed E-state index contributed by atoms with van der Waals surface area (Å²) in [6, 6.07) is 6.73. The molecule has 2 rings (SSSR count). The number of imidazole rings is 1. The third-order valence-corrected chi connectivity index (χ3v) is 3.03. The molecule has 3 nitrogen and oxygen atoms in total. The van der Waals surface area contributed by atoms with Crippen LogP contribution in [-0.4, -0.2) is 10.0 Å². The summed E-state index contributed by atoms with van der Waals surface area (Å²) >= 11 is 0. The number of hydrogen-bond acceptors (Lipinski definition) is 1. The number of nitrogens with zero attached hydrogens (tertiary/aromatic N) is 2. The Bertz CT molecular complexity index is 495. The van der Waals surface area contributed by atoms with Crippen molar-refractivity contribution < 1.29 is 10.0 Å². The van der Waals surface area contributed by atoms with Crippen molar-refractivity contribution in [2.45, 2.75) is 27.3 Å². The first-order chi connectivity index (χ1) is 7.56. The first-order valence-electron chi connectivity index (χ1n) is 5.65. The Kier molecular flexibility index (Phi) is 4.07. The van der Waals surface area contributed by atoms with E-state index < -0.39 is 0 Å². The number of aryl methyl sites for hydroxylation is 3. The fraction of sp³-hybridized carbons (Fsp3) is 0.357. The highest BCUT2D eigenvalue weighted by atomic mass is 16.0. The molecule has 0 saturated heterocycles. The van der Waals surface area contributed by atoms with Gasteiger partial charge in [-0.15, -0.1) is 0 Å². The van der Waals surface area contributed by atoms with Crippen LogP contribution in [0.3, 0.4) is 0 Å². The monoisotopic (exact) mass is 232 g/mol. The van der Waals surface area contributed by atoms with Crippen LogP contribution in [0.5, 0.6) is 0 Å². The molecule has 0 spiro atoms. The number of rotatable bonds is 2. The van der Waals surface area contributed by atoms with E-state index in [0.29, 0.717) is 0 Å². The molecule has 0 aliphatic rings. The highest BCUT2D eigenvalue weighted by molar-refractivity contribution is 5.28. The van der Waals surface area contributed by atoms with Gasteiger partial charge in [0.25, 0.3) is 5.82 Å². The van der Waals surface area contributed by atoms with Gasteiger partial charge < -0.3 is 5.48 Å². The smallest absolute Gasteiger partial charge is 0.253 e. The zero-order valence-electron chi connectivity index (χ0n) is 10.9. The Morgan fingerprint density at radius 1 is 1.06 bits per heavy atom. The number of aromatic nitrogens is 2. The van der Waals surface area contributed by atoms with Crippen molar-refractivity contribution in [1.29, 1.82) is 0 Å². The van der Waals surface area contributed by atoms with Crippen LogP contribution in [0, 0.1) is 20.8 Å². The predicted octanol–water partition coefficient (Wildman–Crippen LogP) is 2.11. The van der Waals surface area contributed by atoms with Gasteiger partial charge in [-0.25, -0.2) is 9.13 Å². The summed E-state index contributed by atoms with van der Waals surface area (Å²) in [7, 11) is 2.08. The Hall–Kier alpha value is -1.61. The Morgan fingerprint density at radius 3 is 2.12 bits per heavy atom. The van der Waals surface area contributed by atoms with Gasteiger partial charge in [-0.1, -0.05) is 29.3 Å². The summed E-state index contributed by atoms with van der Waals surface area (Å²) in [6.07, 6.45) is 4.23. The second kappa shape index (κ2) is 5.15. The topological polar surface area (TPSA) is 38.8 Å². The molecular weight excluding hydrogens is 212 g/mol. The largest absolute Gasteiger partial charge is 0.870 e. The van der Waals surface area contributed by atoms with E-state index in [4.69, 9.17) is 0 Å². The molecule has 0 saturated carbocycles. The molecule has 1 heterocycles. The zero-order valence-corrected chi connectivity index (χ0v) is 10.9. The highest BCUT2D eigenvalue weighted by Gasteiger charge is 2.09. The Balaban J connectivity index is 0.00000144. The fourth-order valence-electron chi connectivity index (χ4n) is 2.12. The quantitative estimate of drug-likeness (QED) is 0.731. The van der Waals surface area contributed by atoms with E-state index in [1.165, 1.54) is 22.5 Å². The minimum Gasteiger partial charge on any atom is -0.870 e. The van der Waals surface area contributed by atoms with Crippen LogP contribution in [0.25, 0.3) is 0 Å². The van der Waals surface area contributed by atoms with Crippen molar-refractivity contribution in [3.05, 3.63) is 53.1 Å². The maximum atomic E-state index is 2.27. The van der Waals surface area contributed by atoms with Gasteiger partial charge in [0.15, 0.2) is 0 Å². The molecule has 0 fully saturated rings. The molecule has 0 atom stereocenters. The van der Waals surface area contributed by atoms with Crippen LogP contribution >= 0.6 is 0 Å². The zero-order chi connectivity index (χ0) is 11.7. The summed E-state index contributed by atoms with van der Waals surface area (Å²) in [5.74, 6) is 1.28. The van der Waals surface area contributed by atoms with Gasteiger partial charge >= 0.3 is 0 Å². The van der Waals surface area contributed by atoms with E-state index in [1.807, 2.05) is 0 Å². The molecule has 1 aromatic carbocycles. The average Bonchev–Trinajstić information content (AvgIpc) is 2.48. The molecule has 17 heavy (non-hydrogen) atoms. The fourth-order valence-corrected chi connectivity index (χ4v) is 2.12. The average molecular weight is 232 g/mol. The lowest BCUT2D eigenvalue weighted by Gasteiger charge is -2.03. The first-order valence-corrected chi connectivity index (χ1v) is 5.65. The summed E-state index contributed by atoms with van der Waals surface area (Å²) < 4.78 is 4.41. The molecule has 0 radical (unpaired) electrons. The van der Waals surface area contributed by atoms with Crippen molar-refractivity contribution in [2.24, 2.45) is 7.05 Å². The van der Waals surface area contributed by atoms with Crippen LogP contribution in [0.1, 0.15) is 22.5 Å². The maximum absolute atomic E-state index is 2.27. The van der Waals surface area contributed by atoms with Crippen molar-refractivity contribution >= 4 is 0 Å². The van der Waals surface area contributed by atoms with Gasteiger partial charge in [-0.3, -0.25) is 0 Å². The minimum atomic E-state index is 0. The lowest BCUT2D eigenvalue weighted by atomic mass is 10.1. The van der Waals surface area contributed by atoms with Crippen LogP contribution < -0.4 is 4.57 Å². The summed E-state index contributed by atoms with van der Waals surface area (Å²) in [5, 5.41) is 0. The van der Waals surface area contributed by atoms with E-state index in [1.54, 1.807) is 0 Å². The van der Waals surface area contributed by atoms with E-state index in [9.17, 15) is 0 Å². The third-order valence-electron chi connectivity index (χ3n) is 3.03. The van der Waals surface area contributed by atoms with Gasteiger partial charge in [0.05, 0.1) is 7.05 Å². The van der Waals surface area contributed by atoms with Gasteiger partial charge in [-0.05, 0) is 19.4 Å². The van der Waals surface area contributed by atoms with Gasteiger partial charge in [0.2, 0.25) is 0 Å². The Labute approximate surface area is 103 Å². The molecule has 3 heteroatoms. The number of benzene rings is 1. The van der Waals surface area contributed by atoms with Gasteiger partial charge in [-0.2, -0.15) is 0 Å². The van der Waals surface area contributed by atoms with Gasteiger partial charge in [0.1, 0.15) is 18.9 Å². The molecule has 92 valence electrons. The second-order valence-electron chi connectivity index (χ2n) is 4.58. The molecule has 2 aromatic rings. The standard InChI is InChI=1S/C14H19N2.H2O/c1-11-7-12(2)9-14(8-11)10-16-6-5-15(4)13(16)3;/h5-9H,10H2,1-4H3;1H2/q+1;/p-1. The molecule has 0 bridgehead atoms. The van der Waals surface area contributed by atoms with Crippen molar-refractivity contribution in [3.8, 4) is 0 Å². The normalized spacial score (nSPS) is 10.1. The SMILES string of the molecule is Cc1cc(C)cc(Cn2cc[n+](C)c2C)c1.[OH-]. The molecule has 0 aliphatic carbocycles. The van der Waals surface area contributed by atoms with E-state index in [2.05, 4.69) is 67.5 Å². The minimum absolute atomic E-state index is 0. The summed E-state index contributed by atoms with van der Waals surface area (Å²) in [6.45, 7) is 7.40. The van der Waals surface area contributed by atoms with Gasteiger partial charge in [0, 0.05) is 6.92 Å². The van der Waals surface area contributed by atoms with Crippen LogP contribution in [0.2, 0.25) is 0 Å². The molecule has 1 N–H and O–H groups in total. The molecular formula is C14H20N2O. The predicted molar refractivity (Wildman–Crippen MR) is 67.3 cm³/mol.